The highest BCUT2D eigenvalue weighted by Gasteiger charge is 2.56. The van der Waals surface area contributed by atoms with Gasteiger partial charge in [0.15, 0.2) is 0 Å². The van der Waals surface area contributed by atoms with Crippen molar-refractivity contribution in [3.8, 4) is 5.88 Å². The lowest BCUT2D eigenvalue weighted by molar-refractivity contribution is -0.137. The Morgan fingerprint density at radius 2 is 0.770 bits per heavy atom. The predicted molar refractivity (Wildman–Crippen MR) is 599 cm³/mol. The summed E-state index contributed by atoms with van der Waals surface area (Å²) in [6.07, 6.45) is 27.8. The minimum absolute atomic E-state index is 0.0627. The molecule has 7 nitrogen and oxygen atoms in total. The standard InChI is InChI=1S/C19H27F3N2.2C17H25Cl2N.C16H23Cl2N.C13H20ClNO.2C11H17Cl.C10H18.3C2H6/c1-18(2,3)14-6-8-24(9-7-14)12-16-10-15(19(20,21)22)11-17(23-16)13-4-5-13;2*1-12(13-9-15(18)11-16(19)10-13)20-7-5-14(6-8-20)17(2,3)4;1-16(2,3)13-4-6-19(7-5-13)11-12-8-14(17)10-15(18)9-12;1-9(2)8-16-12-11(14)6-10(7-15-12)13(3,4)5;2*1-7-9-2-8-3-10(7)6-11(12,4-8)5-9;1-7-4-5-8-6-9(7)10(8,2)3;3*1-2/h10-11,13-14H,4-9,12H2,1-3H3;2*9-12,14H,5-8H2,1-4H3;8-10,13H,4-7,11H2,1-3H3;6-7,9H,8H2,1-5H3;2*7-10H,2-6H2,1H3;7-9H,4-6H2,1-3H3;3*1-2H3/t;2*12-;;;;;7-,8-,9-;;;/m.10....0.../s1. The molecule has 12 saturated carbocycles. The highest BCUT2D eigenvalue weighted by Crippen LogP contribution is 2.64. The quantitative estimate of drug-likeness (QED) is 0.115. The Labute approximate surface area is 892 Å². The predicted octanol–water partition coefficient (Wildman–Crippen LogP) is 39.2. The molecule has 0 N–H and O–H groups in total. The monoisotopic (exact) mass is 2100 g/mol. The van der Waals surface area contributed by atoms with Crippen molar-refractivity contribution in [1.82, 2.24) is 29.6 Å². The van der Waals surface area contributed by atoms with Gasteiger partial charge in [0.2, 0.25) is 5.88 Å². The molecule has 4 unspecified atom stereocenters. The zero-order valence-electron chi connectivity index (χ0n) is 92.1. The van der Waals surface area contributed by atoms with Gasteiger partial charge in [-0.15, -0.1) is 23.2 Å². The molecule has 12 aliphatic carbocycles. The minimum Gasteiger partial charge on any atom is -0.476 e. The van der Waals surface area contributed by atoms with Gasteiger partial charge in [-0.1, -0.05) is 281 Å². The number of rotatable bonds is 12. The van der Waals surface area contributed by atoms with Gasteiger partial charge in [-0.05, 0) is 430 Å². The van der Waals surface area contributed by atoms with Crippen LogP contribution in [0, 0.1) is 122 Å². The second-order valence-electron chi connectivity index (χ2n) is 50.6. The van der Waals surface area contributed by atoms with Crippen molar-refractivity contribution in [1.29, 1.82) is 0 Å². The Balaban J connectivity index is 0.000000195. The van der Waals surface area contributed by atoms with Gasteiger partial charge in [-0.3, -0.25) is 24.6 Å². The molecular weight excluding hydrogens is 1920 g/mol. The summed E-state index contributed by atoms with van der Waals surface area (Å²) in [5, 5.41) is 4.95. The summed E-state index contributed by atoms with van der Waals surface area (Å²) >= 11 is 55.9. The molecule has 10 bridgehead atoms. The number of piperidine rings is 4. The van der Waals surface area contributed by atoms with E-state index in [2.05, 4.69) is 196 Å². The SMILES string of the molecule is CC.CC.CC.CC(C)(C)C1CCN(Cc2cc(C(F)(F)F)cc(C3CC3)n2)CC1.CC(C)(C)C1CCN(Cc2cc(Cl)cc(Cl)c2)CC1.CC(C)COc1ncc(C(C)(C)C)cc1Cl.CC1C2CC3CC1CC(Cl)(C3)C2.CC1C2CC3CC1CC(Cl)(C3)C2.C[C@@H](c1cc(Cl)cc(Cl)c1)N1CCC(C(C)(C)C)CC1.C[C@H](c1cc(Cl)cc(Cl)c1)N1CCC(C(C)(C)C)CC1.C[C@H]1CC[C@H]2C[C@@H]1C2(C)C. The average molecular weight is 2110 g/mol. The van der Waals surface area contributed by atoms with Crippen LogP contribution in [0.1, 0.15) is 413 Å². The van der Waals surface area contributed by atoms with Crippen molar-refractivity contribution in [2.45, 2.75) is 408 Å². The highest BCUT2D eigenvalue weighted by atomic mass is 35.5. The van der Waals surface area contributed by atoms with Crippen molar-refractivity contribution in [2.24, 2.45) is 122 Å². The molecule has 790 valence electrons. The highest BCUT2D eigenvalue weighted by molar-refractivity contribution is 6.36. The summed E-state index contributed by atoms with van der Waals surface area (Å²) in [6, 6.07) is 22.7. The molecule has 2 aromatic heterocycles. The Hall–Kier alpha value is -2.00. The Bertz CT molecular complexity index is 4280. The summed E-state index contributed by atoms with van der Waals surface area (Å²) < 4.78 is 45.0. The Morgan fingerprint density at radius 3 is 1.06 bits per heavy atom. The van der Waals surface area contributed by atoms with Gasteiger partial charge in [-0.2, -0.15) is 13.2 Å². The lowest BCUT2D eigenvalue weighted by Crippen LogP contribution is -2.51. The van der Waals surface area contributed by atoms with Crippen molar-refractivity contribution >= 4 is 104 Å². The average Bonchev–Trinajstić information content (AvgIpc) is 1.24. The third-order valence-corrected chi connectivity index (χ3v) is 37.2. The number of pyridine rings is 2. The van der Waals surface area contributed by atoms with E-state index in [4.69, 9.17) is 109 Å². The van der Waals surface area contributed by atoms with Crippen LogP contribution in [0.5, 0.6) is 5.88 Å². The van der Waals surface area contributed by atoms with Gasteiger partial charge in [0.05, 0.1) is 17.9 Å². The van der Waals surface area contributed by atoms with E-state index in [9.17, 15) is 13.2 Å². The summed E-state index contributed by atoms with van der Waals surface area (Å²) in [7, 11) is 0. The Kier molecular flexibility index (Phi) is 46.7. The van der Waals surface area contributed by atoms with Crippen molar-refractivity contribution in [2.75, 3.05) is 59.0 Å². The number of hydrogen-bond acceptors (Lipinski definition) is 7. The van der Waals surface area contributed by atoms with E-state index in [0.717, 1.165) is 190 Å². The van der Waals surface area contributed by atoms with Crippen LogP contribution in [-0.4, -0.2) is 98.3 Å². The van der Waals surface area contributed by atoms with Crippen LogP contribution in [0.15, 0.2) is 79.0 Å². The first-order valence-corrected chi connectivity index (χ1v) is 58.2. The number of alkyl halides is 5. The van der Waals surface area contributed by atoms with E-state index in [-0.39, 0.29) is 21.1 Å². The van der Waals surface area contributed by atoms with Crippen molar-refractivity contribution in [3.63, 3.8) is 0 Å². The first kappa shape index (κ1) is 122. The van der Waals surface area contributed by atoms with Crippen LogP contribution in [0.2, 0.25) is 35.2 Å². The number of ether oxygens (including phenoxy) is 1. The molecule has 16 aliphatic rings. The van der Waals surface area contributed by atoms with E-state index >= 15 is 0 Å². The lowest BCUT2D eigenvalue weighted by atomic mass is 9.46. The van der Waals surface area contributed by atoms with Gasteiger partial charge < -0.3 is 4.74 Å². The van der Waals surface area contributed by atoms with Crippen LogP contribution in [0.25, 0.3) is 0 Å². The maximum absolute atomic E-state index is 13.2. The smallest absolute Gasteiger partial charge is 0.416 e. The molecule has 4 saturated heterocycles. The first-order valence-electron chi connectivity index (χ1n) is 54.8. The minimum atomic E-state index is -4.29. The number of halogens is 12. The normalized spacial score (nSPS) is 27.9. The number of aromatic nitrogens is 2. The molecule has 0 amide bonds. The van der Waals surface area contributed by atoms with Crippen LogP contribution in [0.3, 0.4) is 0 Å². The molecule has 21 rings (SSSR count). The van der Waals surface area contributed by atoms with Crippen LogP contribution in [-0.2, 0) is 24.7 Å². The molecule has 9 atom stereocenters. The van der Waals surface area contributed by atoms with Crippen molar-refractivity contribution < 1.29 is 17.9 Å². The van der Waals surface area contributed by atoms with E-state index in [1.54, 1.807) is 18.2 Å². The third kappa shape index (κ3) is 36.7. The topological polar surface area (TPSA) is 48.0 Å². The van der Waals surface area contributed by atoms with Gasteiger partial charge in [0, 0.05) is 82.9 Å². The number of nitrogens with zero attached hydrogens (tertiary/aromatic N) is 6. The van der Waals surface area contributed by atoms with Crippen LogP contribution in [0.4, 0.5) is 13.2 Å². The number of likely N-dealkylation sites (tertiary alicyclic amines) is 4. The summed E-state index contributed by atoms with van der Waals surface area (Å²) in [6.45, 7) is 78.3. The largest absolute Gasteiger partial charge is 0.476 e. The van der Waals surface area contributed by atoms with Gasteiger partial charge in [0.1, 0.15) is 5.02 Å². The fourth-order valence-corrected chi connectivity index (χ4v) is 28.7. The molecule has 3 aromatic carbocycles. The van der Waals surface area contributed by atoms with E-state index in [0.29, 0.717) is 86.4 Å². The molecule has 5 aromatic rings. The number of hydrogen-bond donors (Lipinski definition) is 0. The fourth-order valence-electron chi connectivity index (χ4n) is 25.6. The third-order valence-electron chi connectivity index (χ3n) is 34.7. The molecular formula is C120H190Cl9F3N6O. The molecule has 0 radical (unpaired) electrons. The maximum atomic E-state index is 13.2. The molecule has 19 heteroatoms. The summed E-state index contributed by atoms with van der Waals surface area (Å²) in [5.74, 6) is 15.4. The second kappa shape index (κ2) is 53.1. The summed E-state index contributed by atoms with van der Waals surface area (Å²) in [5.41, 5.74) is 7.79. The van der Waals surface area contributed by atoms with Gasteiger partial charge >= 0.3 is 6.18 Å². The molecule has 6 heterocycles. The van der Waals surface area contributed by atoms with E-state index < -0.39 is 11.7 Å². The molecule has 4 aliphatic heterocycles. The zero-order valence-corrected chi connectivity index (χ0v) is 98.9. The first-order chi connectivity index (χ1) is 64.8. The van der Waals surface area contributed by atoms with Crippen LogP contribution < -0.4 is 4.74 Å². The van der Waals surface area contributed by atoms with Crippen molar-refractivity contribution in [3.05, 3.63) is 153 Å². The molecule has 139 heavy (non-hydrogen) atoms. The zero-order chi connectivity index (χ0) is 104. The second-order valence-corrected chi connectivity index (χ2v) is 55.2. The lowest BCUT2D eigenvalue weighted by Gasteiger charge is -2.59. The van der Waals surface area contributed by atoms with Gasteiger partial charge in [0.25, 0.3) is 0 Å². The molecule has 0 spiro atoms. The van der Waals surface area contributed by atoms with E-state index in [1.807, 2.05) is 90.2 Å². The fraction of sp³-hybridized carbons (Fsp3) is 0.767. The summed E-state index contributed by atoms with van der Waals surface area (Å²) in [4.78, 5) is 19.1. The van der Waals surface area contributed by atoms with Gasteiger partial charge in [-0.25, -0.2) is 4.98 Å². The van der Waals surface area contributed by atoms with Crippen LogP contribution >= 0.6 is 104 Å². The maximum Gasteiger partial charge on any atom is 0.416 e. The Morgan fingerprint density at radius 1 is 0.417 bits per heavy atom. The molecule has 16 fully saturated rings. The van der Waals surface area contributed by atoms with E-state index in [1.165, 1.54) is 164 Å². The number of fused-ring (bicyclic) bond motifs is 2. The number of benzene rings is 3.